The molecule has 0 aromatic heterocycles. The minimum Gasteiger partial charge on any atom is -0.444 e. The topological polar surface area (TPSA) is 82.1 Å². The third-order valence-electron chi connectivity index (χ3n) is 5.45. The van der Waals surface area contributed by atoms with Gasteiger partial charge in [-0.2, -0.15) is 0 Å². The lowest BCUT2D eigenvalue weighted by Crippen LogP contribution is -2.53. The van der Waals surface area contributed by atoms with Crippen LogP contribution in [0.3, 0.4) is 0 Å². The van der Waals surface area contributed by atoms with Crippen LogP contribution in [-0.4, -0.2) is 78.4 Å². The van der Waals surface area contributed by atoms with Crippen LogP contribution in [0.15, 0.2) is 0 Å². The molecule has 0 aromatic rings. The summed E-state index contributed by atoms with van der Waals surface area (Å²) in [5.41, 5.74) is -0.639. The van der Waals surface area contributed by atoms with Crippen LogP contribution in [0.4, 0.5) is 4.79 Å². The van der Waals surface area contributed by atoms with Crippen molar-refractivity contribution in [3.8, 4) is 0 Å². The third kappa shape index (κ3) is 6.13. The lowest BCUT2D eigenvalue weighted by atomic mass is 9.79. The molecule has 0 unspecified atom stereocenters. The molecule has 0 saturated carbocycles. The van der Waals surface area contributed by atoms with E-state index in [1.54, 1.807) is 25.7 Å². The number of carbonyl (C=O) groups excluding carboxylic acids is 2. The van der Waals surface area contributed by atoms with Crippen molar-refractivity contribution >= 4 is 12.0 Å². The first kappa shape index (κ1) is 21.0. The van der Waals surface area contributed by atoms with Crippen LogP contribution in [0.1, 0.15) is 46.5 Å². The van der Waals surface area contributed by atoms with Crippen LogP contribution in [0.25, 0.3) is 0 Å². The molecule has 2 aliphatic heterocycles. The summed E-state index contributed by atoms with van der Waals surface area (Å²) >= 11 is 0. The van der Waals surface area contributed by atoms with Gasteiger partial charge < -0.3 is 25.0 Å². The normalized spacial score (nSPS) is 22.1. The van der Waals surface area contributed by atoms with Crippen molar-refractivity contribution < 1.29 is 19.4 Å². The Labute approximate surface area is 157 Å². The van der Waals surface area contributed by atoms with Crippen molar-refractivity contribution in [1.29, 1.82) is 0 Å². The predicted molar refractivity (Wildman–Crippen MR) is 99.8 cm³/mol. The molecule has 0 aliphatic carbocycles. The molecular weight excluding hydrogens is 334 g/mol. The van der Waals surface area contributed by atoms with Crippen LogP contribution >= 0.6 is 0 Å². The molecule has 2 N–H and O–H groups in total. The van der Waals surface area contributed by atoms with E-state index in [9.17, 15) is 14.7 Å². The zero-order valence-corrected chi connectivity index (χ0v) is 16.7. The van der Waals surface area contributed by atoms with Gasteiger partial charge in [-0.3, -0.25) is 4.79 Å². The van der Waals surface area contributed by atoms with Crippen molar-refractivity contribution in [2.75, 3.05) is 39.8 Å². The van der Waals surface area contributed by atoms with Gasteiger partial charge in [0.2, 0.25) is 5.91 Å². The van der Waals surface area contributed by atoms with E-state index in [0.29, 0.717) is 19.0 Å². The molecule has 2 fully saturated rings. The number of nitrogens with zero attached hydrogens (tertiary/aromatic N) is 2. The Hall–Kier alpha value is -1.34. The van der Waals surface area contributed by atoms with Gasteiger partial charge >= 0.3 is 6.09 Å². The number of amides is 2. The van der Waals surface area contributed by atoms with Crippen LogP contribution in [0.5, 0.6) is 0 Å². The highest BCUT2D eigenvalue weighted by atomic mass is 16.6. The van der Waals surface area contributed by atoms with Crippen molar-refractivity contribution in [3.05, 3.63) is 0 Å². The predicted octanol–water partition coefficient (Wildman–Crippen LogP) is 1.45. The smallest absolute Gasteiger partial charge is 0.408 e. The molecule has 26 heavy (non-hydrogen) atoms. The molecule has 2 heterocycles. The molecule has 7 nitrogen and oxygen atoms in total. The van der Waals surface area contributed by atoms with Crippen LogP contribution < -0.4 is 5.32 Å². The molecule has 2 rings (SSSR count). The quantitative estimate of drug-likeness (QED) is 0.784. The number of hydrogen-bond acceptors (Lipinski definition) is 5. The van der Waals surface area contributed by atoms with Crippen molar-refractivity contribution in [2.45, 2.75) is 58.1 Å². The molecule has 0 bridgehead atoms. The average molecular weight is 370 g/mol. The number of aliphatic hydroxyl groups is 1. The van der Waals surface area contributed by atoms with Crippen LogP contribution in [0, 0.1) is 11.8 Å². The van der Waals surface area contributed by atoms with Crippen molar-refractivity contribution in [2.24, 2.45) is 11.8 Å². The van der Waals surface area contributed by atoms with Crippen LogP contribution in [-0.2, 0) is 9.53 Å². The number of nitrogens with one attached hydrogen (secondary N) is 1. The lowest BCUT2D eigenvalue weighted by Gasteiger charge is -2.40. The highest BCUT2D eigenvalue weighted by Gasteiger charge is 2.33. The maximum Gasteiger partial charge on any atom is 0.408 e. The number of carbonyl (C=O) groups is 2. The average Bonchev–Trinajstić information content (AvgIpc) is 2.58. The van der Waals surface area contributed by atoms with E-state index in [1.165, 1.54) is 12.8 Å². The fourth-order valence-electron chi connectivity index (χ4n) is 3.95. The van der Waals surface area contributed by atoms with Gasteiger partial charge in [-0.15, -0.1) is 0 Å². The molecule has 0 spiro atoms. The molecule has 0 radical (unpaired) electrons. The van der Waals surface area contributed by atoms with Crippen LogP contribution in [0.2, 0.25) is 0 Å². The second-order valence-corrected chi connectivity index (χ2v) is 8.68. The van der Waals surface area contributed by atoms with E-state index < -0.39 is 24.3 Å². The first-order valence-corrected chi connectivity index (χ1v) is 9.77. The highest BCUT2D eigenvalue weighted by molar-refractivity contribution is 5.86. The summed E-state index contributed by atoms with van der Waals surface area (Å²) in [6.45, 7) is 8.58. The molecule has 2 amide bonds. The Morgan fingerprint density at radius 1 is 1.08 bits per heavy atom. The third-order valence-corrected chi connectivity index (χ3v) is 5.45. The van der Waals surface area contributed by atoms with E-state index in [0.717, 1.165) is 31.8 Å². The van der Waals surface area contributed by atoms with Gasteiger partial charge in [0.1, 0.15) is 11.6 Å². The van der Waals surface area contributed by atoms with Gasteiger partial charge in [-0.1, -0.05) is 0 Å². The minimum absolute atomic E-state index is 0.222. The Morgan fingerprint density at radius 2 is 1.58 bits per heavy atom. The summed E-state index contributed by atoms with van der Waals surface area (Å²) in [6.07, 6.45) is 3.82. The zero-order valence-electron chi connectivity index (χ0n) is 16.7. The number of likely N-dealkylation sites (tertiary alicyclic amines) is 2. The SMILES string of the molecule is CN1CCC(C2CCN(C(=O)[C@H](CO)NC(=O)OC(C)(C)C)CC2)CC1. The van der Waals surface area contributed by atoms with E-state index in [1.807, 2.05) is 0 Å². The summed E-state index contributed by atoms with van der Waals surface area (Å²) in [7, 11) is 2.17. The summed E-state index contributed by atoms with van der Waals surface area (Å²) in [4.78, 5) is 28.7. The fourth-order valence-corrected chi connectivity index (χ4v) is 3.95. The van der Waals surface area contributed by atoms with Gasteiger partial charge in [-0.05, 0) is 78.4 Å². The molecule has 2 saturated heterocycles. The fraction of sp³-hybridized carbons (Fsp3) is 0.895. The zero-order chi connectivity index (χ0) is 19.3. The summed E-state index contributed by atoms with van der Waals surface area (Å²) in [5.74, 6) is 1.22. The van der Waals surface area contributed by atoms with Gasteiger partial charge in [0.15, 0.2) is 0 Å². The number of rotatable bonds is 4. The van der Waals surface area contributed by atoms with E-state index >= 15 is 0 Å². The molecule has 1 atom stereocenters. The first-order valence-electron chi connectivity index (χ1n) is 9.77. The van der Waals surface area contributed by atoms with E-state index in [4.69, 9.17) is 4.74 Å². The Kier molecular flexibility index (Phi) is 7.29. The molecule has 150 valence electrons. The maximum atomic E-state index is 12.6. The Morgan fingerprint density at radius 3 is 2.04 bits per heavy atom. The molecule has 0 aromatic carbocycles. The Bertz CT molecular complexity index is 476. The van der Waals surface area contributed by atoms with Crippen molar-refractivity contribution in [1.82, 2.24) is 15.1 Å². The standard InChI is InChI=1S/C19H35N3O4/c1-19(2,3)26-18(25)20-16(13-23)17(24)22-11-7-15(8-12-22)14-5-9-21(4)10-6-14/h14-16,23H,5-13H2,1-4H3,(H,20,25)/t16-/m0/s1. The summed E-state index contributed by atoms with van der Waals surface area (Å²) in [6, 6.07) is -0.940. The highest BCUT2D eigenvalue weighted by Crippen LogP contribution is 2.32. The van der Waals surface area contributed by atoms with Gasteiger partial charge in [0, 0.05) is 13.1 Å². The summed E-state index contributed by atoms with van der Waals surface area (Å²) < 4.78 is 5.18. The second kappa shape index (κ2) is 9.04. The van der Waals surface area contributed by atoms with Gasteiger partial charge in [0.05, 0.1) is 6.61 Å². The number of alkyl carbamates (subject to hydrolysis) is 1. The molecule has 7 heteroatoms. The summed E-state index contributed by atoms with van der Waals surface area (Å²) in [5, 5.41) is 12.0. The molecular formula is C19H35N3O4. The monoisotopic (exact) mass is 369 g/mol. The second-order valence-electron chi connectivity index (χ2n) is 8.68. The Balaban J connectivity index is 1.81. The van der Waals surface area contributed by atoms with E-state index in [2.05, 4.69) is 17.3 Å². The largest absolute Gasteiger partial charge is 0.444 e. The minimum atomic E-state index is -0.940. The number of hydrogen-bond donors (Lipinski definition) is 2. The lowest BCUT2D eigenvalue weighted by molar-refractivity contribution is -0.136. The van der Waals surface area contributed by atoms with E-state index in [-0.39, 0.29) is 5.91 Å². The maximum absolute atomic E-state index is 12.6. The molecule has 2 aliphatic rings. The first-order chi connectivity index (χ1) is 12.2. The van der Waals surface area contributed by atoms with Gasteiger partial charge in [0.25, 0.3) is 0 Å². The van der Waals surface area contributed by atoms with Crippen molar-refractivity contribution in [3.63, 3.8) is 0 Å². The number of aliphatic hydroxyl groups excluding tert-OH is 1. The number of ether oxygens (including phenoxy) is 1. The number of piperidine rings is 2. The van der Waals surface area contributed by atoms with Gasteiger partial charge in [-0.25, -0.2) is 4.79 Å².